The first-order chi connectivity index (χ1) is 13.6. The highest BCUT2D eigenvalue weighted by atomic mass is 35.5. The highest BCUT2D eigenvalue weighted by molar-refractivity contribution is 7.10. The third kappa shape index (κ3) is 3.43. The molecule has 4 nitrogen and oxygen atoms in total. The molecule has 2 amide bonds. The van der Waals surface area contributed by atoms with Gasteiger partial charge in [-0.15, -0.1) is 11.3 Å². The highest BCUT2D eigenvalue weighted by Crippen LogP contribution is 2.43. The van der Waals surface area contributed by atoms with Gasteiger partial charge < -0.3 is 10.2 Å². The lowest BCUT2D eigenvalue weighted by Crippen LogP contribution is -2.45. The number of carbonyl (C=O) groups is 2. The van der Waals surface area contributed by atoms with Crippen LogP contribution in [-0.2, 0) is 11.3 Å². The number of rotatable bonds is 4. The topological polar surface area (TPSA) is 49.4 Å². The highest BCUT2D eigenvalue weighted by Gasteiger charge is 2.42. The van der Waals surface area contributed by atoms with E-state index in [1.165, 1.54) is 0 Å². The Hall–Kier alpha value is -2.63. The van der Waals surface area contributed by atoms with Crippen LogP contribution in [0.2, 0.25) is 5.02 Å². The molecule has 142 valence electrons. The van der Waals surface area contributed by atoms with Crippen molar-refractivity contribution in [3.05, 3.63) is 92.6 Å². The molecule has 2 heterocycles. The van der Waals surface area contributed by atoms with E-state index in [1.54, 1.807) is 35.4 Å². The van der Waals surface area contributed by atoms with E-state index >= 15 is 0 Å². The number of fused-ring (bicyclic) bond motifs is 1. The molecule has 0 fully saturated rings. The molecule has 0 saturated carbocycles. The number of carbonyl (C=O) groups excluding carboxylic acids is 2. The summed E-state index contributed by atoms with van der Waals surface area (Å²) in [6.45, 7) is 0.382. The van der Waals surface area contributed by atoms with Crippen LogP contribution in [0.1, 0.15) is 38.3 Å². The van der Waals surface area contributed by atoms with Gasteiger partial charge in [0.2, 0.25) is 5.91 Å². The summed E-state index contributed by atoms with van der Waals surface area (Å²) >= 11 is 7.60. The molecule has 0 radical (unpaired) electrons. The van der Waals surface area contributed by atoms with Crippen molar-refractivity contribution in [3.63, 3.8) is 0 Å². The van der Waals surface area contributed by atoms with Crippen LogP contribution in [0.25, 0.3) is 0 Å². The quantitative estimate of drug-likeness (QED) is 0.681. The molecule has 2 atom stereocenters. The van der Waals surface area contributed by atoms with Crippen LogP contribution >= 0.6 is 22.9 Å². The summed E-state index contributed by atoms with van der Waals surface area (Å²) < 4.78 is 0. The Morgan fingerprint density at radius 1 is 1.14 bits per heavy atom. The number of nitrogens with one attached hydrogen (secondary N) is 1. The van der Waals surface area contributed by atoms with Crippen LogP contribution in [0, 0.1) is 0 Å². The lowest BCUT2D eigenvalue weighted by Gasteiger charge is -2.39. The van der Waals surface area contributed by atoms with Crippen LogP contribution in [0.4, 0.5) is 0 Å². The average molecular weight is 411 g/mol. The maximum atomic E-state index is 13.3. The predicted molar refractivity (Wildman–Crippen MR) is 112 cm³/mol. The Morgan fingerprint density at radius 2 is 1.96 bits per heavy atom. The lowest BCUT2D eigenvalue weighted by atomic mass is 9.81. The van der Waals surface area contributed by atoms with Gasteiger partial charge in [-0.05, 0) is 40.8 Å². The zero-order chi connectivity index (χ0) is 19.7. The second kappa shape index (κ2) is 7.78. The third-order valence-corrected chi connectivity index (χ3v) is 6.23. The van der Waals surface area contributed by atoms with Crippen molar-refractivity contribution >= 4 is 34.8 Å². The van der Waals surface area contributed by atoms with Crippen molar-refractivity contribution in [2.45, 2.75) is 18.5 Å². The number of hydrogen-bond acceptors (Lipinski definition) is 3. The van der Waals surface area contributed by atoms with E-state index in [2.05, 4.69) is 5.32 Å². The van der Waals surface area contributed by atoms with Crippen molar-refractivity contribution in [3.8, 4) is 0 Å². The molecule has 0 bridgehead atoms. The fourth-order valence-corrected chi connectivity index (χ4v) is 4.84. The first-order valence-corrected chi connectivity index (χ1v) is 10.2. The summed E-state index contributed by atoms with van der Waals surface area (Å²) in [5, 5.41) is 5.64. The summed E-state index contributed by atoms with van der Waals surface area (Å²) in [7, 11) is 1.76. The maximum Gasteiger partial charge on any atom is 0.254 e. The fraction of sp³-hybridized carbons (Fsp3) is 0.182. The number of nitrogens with zero attached hydrogens (tertiary/aromatic N) is 1. The van der Waals surface area contributed by atoms with Crippen LogP contribution in [0.5, 0.6) is 0 Å². The molecule has 4 rings (SSSR count). The Bertz CT molecular complexity index is 1020. The molecule has 28 heavy (non-hydrogen) atoms. The zero-order valence-electron chi connectivity index (χ0n) is 15.3. The normalized spacial score (nSPS) is 18.6. The summed E-state index contributed by atoms with van der Waals surface area (Å²) in [4.78, 5) is 28.9. The van der Waals surface area contributed by atoms with Gasteiger partial charge in [0.05, 0.1) is 12.0 Å². The summed E-state index contributed by atoms with van der Waals surface area (Å²) in [5.74, 6) is -0.644. The minimum Gasteiger partial charge on any atom is -0.351 e. The summed E-state index contributed by atoms with van der Waals surface area (Å²) in [6, 6.07) is 18.4. The number of thiophene rings is 1. The van der Waals surface area contributed by atoms with Crippen LogP contribution in [0.15, 0.2) is 66.0 Å². The molecule has 6 heteroatoms. The van der Waals surface area contributed by atoms with Crippen LogP contribution in [-0.4, -0.2) is 23.8 Å². The van der Waals surface area contributed by atoms with Crippen molar-refractivity contribution in [2.75, 3.05) is 7.05 Å². The third-order valence-electron chi connectivity index (χ3n) is 5.05. The molecule has 1 aliphatic rings. The molecule has 1 aliphatic heterocycles. The van der Waals surface area contributed by atoms with Crippen molar-refractivity contribution < 1.29 is 9.59 Å². The Morgan fingerprint density at radius 3 is 2.71 bits per heavy atom. The number of likely N-dealkylation sites (N-methyl/N-ethyl adjacent to an activating group) is 1. The molecule has 3 aromatic rings. The first-order valence-electron chi connectivity index (χ1n) is 8.98. The van der Waals surface area contributed by atoms with Crippen molar-refractivity contribution in [2.24, 2.45) is 0 Å². The van der Waals surface area contributed by atoms with E-state index in [9.17, 15) is 9.59 Å². The minimum absolute atomic E-state index is 0.0621. The Labute approximate surface area is 172 Å². The smallest absolute Gasteiger partial charge is 0.254 e. The molecule has 1 aromatic heterocycles. The SMILES string of the molecule is CN1C(=O)c2ccccc2[C@@H](C(=O)NCc2cccc(Cl)c2)[C@@H]1c1cccs1. The molecule has 0 saturated heterocycles. The van der Waals surface area contributed by atoms with Gasteiger partial charge in [0.25, 0.3) is 5.91 Å². The molecule has 0 spiro atoms. The van der Waals surface area contributed by atoms with Crippen LogP contribution < -0.4 is 5.32 Å². The standard InChI is InChI=1S/C22H19ClN2O2S/c1-25-20(18-10-5-11-28-18)19(16-8-2-3-9-17(16)22(25)27)21(26)24-13-14-6-4-7-15(23)12-14/h2-12,19-20H,13H2,1H3,(H,24,26)/t19-,20+/m1/s1. The van der Waals surface area contributed by atoms with Gasteiger partial charge in [0.1, 0.15) is 0 Å². The van der Waals surface area contributed by atoms with E-state index in [4.69, 9.17) is 11.6 Å². The molecule has 2 aromatic carbocycles. The Balaban J connectivity index is 1.69. The minimum atomic E-state index is -0.475. The first kappa shape index (κ1) is 18.7. The molecule has 1 N–H and O–H groups in total. The van der Waals surface area contributed by atoms with Crippen molar-refractivity contribution in [1.82, 2.24) is 10.2 Å². The van der Waals surface area contributed by atoms with Gasteiger partial charge in [0.15, 0.2) is 0 Å². The molecular weight excluding hydrogens is 392 g/mol. The largest absolute Gasteiger partial charge is 0.351 e. The van der Waals surface area contributed by atoms with E-state index in [0.29, 0.717) is 17.1 Å². The second-order valence-electron chi connectivity index (χ2n) is 6.79. The fourth-order valence-electron chi connectivity index (χ4n) is 3.72. The number of benzene rings is 2. The zero-order valence-corrected chi connectivity index (χ0v) is 16.8. The van der Waals surface area contributed by atoms with E-state index in [-0.39, 0.29) is 17.9 Å². The molecule has 0 unspecified atom stereocenters. The summed E-state index contributed by atoms with van der Waals surface area (Å²) in [5.41, 5.74) is 2.29. The van der Waals surface area contributed by atoms with Crippen molar-refractivity contribution in [1.29, 1.82) is 0 Å². The van der Waals surface area contributed by atoms with Crippen LogP contribution in [0.3, 0.4) is 0 Å². The summed E-state index contributed by atoms with van der Waals surface area (Å²) in [6.07, 6.45) is 0. The number of hydrogen-bond donors (Lipinski definition) is 1. The van der Waals surface area contributed by atoms with E-state index < -0.39 is 5.92 Å². The monoisotopic (exact) mass is 410 g/mol. The Kier molecular flexibility index (Phi) is 5.20. The van der Waals surface area contributed by atoms with Gasteiger partial charge in [-0.3, -0.25) is 9.59 Å². The van der Waals surface area contributed by atoms with Gasteiger partial charge in [0, 0.05) is 29.1 Å². The predicted octanol–water partition coefficient (Wildman–Crippen LogP) is 4.63. The molecular formula is C22H19ClN2O2S. The number of halogens is 1. The number of amides is 2. The van der Waals surface area contributed by atoms with E-state index in [0.717, 1.165) is 16.0 Å². The van der Waals surface area contributed by atoms with Gasteiger partial charge >= 0.3 is 0 Å². The van der Waals surface area contributed by atoms with Gasteiger partial charge in [-0.2, -0.15) is 0 Å². The maximum absolute atomic E-state index is 13.3. The van der Waals surface area contributed by atoms with E-state index in [1.807, 2.05) is 53.9 Å². The lowest BCUT2D eigenvalue weighted by molar-refractivity contribution is -0.124. The second-order valence-corrected chi connectivity index (χ2v) is 8.20. The van der Waals surface area contributed by atoms with Gasteiger partial charge in [-0.25, -0.2) is 0 Å². The average Bonchev–Trinajstić information content (AvgIpc) is 3.23. The molecule has 0 aliphatic carbocycles. The van der Waals surface area contributed by atoms with Gasteiger partial charge in [-0.1, -0.05) is 48.0 Å².